The minimum atomic E-state index is 0.0438. The van der Waals surface area contributed by atoms with Gasteiger partial charge in [0.1, 0.15) is 5.82 Å². The topological polar surface area (TPSA) is 63.8 Å². The molecule has 1 N–H and O–H groups in total. The summed E-state index contributed by atoms with van der Waals surface area (Å²) in [5, 5.41) is 15.6. The average Bonchev–Trinajstić information content (AvgIpc) is 2.79. The smallest absolute Gasteiger partial charge is 0.159 e. The van der Waals surface area contributed by atoms with E-state index in [0.29, 0.717) is 12.4 Å². The standard InChI is InChI=1S/C14H14N4O/c1-10-16-14(18(17-10)7-8-19)13-4-2-3-11-9-15-6-5-12(11)13/h2-6,9,19H,7-8H2,1H3. The molecule has 5 heteroatoms. The van der Waals surface area contributed by atoms with Crippen LogP contribution in [0.3, 0.4) is 0 Å². The van der Waals surface area contributed by atoms with Crippen molar-refractivity contribution in [2.75, 3.05) is 6.61 Å². The number of hydrogen-bond donors (Lipinski definition) is 1. The van der Waals surface area contributed by atoms with E-state index >= 15 is 0 Å². The Morgan fingerprint density at radius 1 is 1.26 bits per heavy atom. The number of fused-ring (bicyclic) bond motifs is 1. The Morgan fingerprint density at radius 3 is 3.00 bits per heavy atom. The Labute approximate surface area is 110 Å². The minimum absolute atomic E-state index is 0.0438. The van der Waals surface area contributed by atoms with Gasteiger partial charge in [0, 0.05) is 23.3 Å². The van der Waals surface area contributed by atoms with Crippen LogP contribution >= 0.6 is 0 Å². The second-order valence-electron chi connectivity index (χ2n) is 4.33. The molecule has 0 aliphatic heterocycles. The zero-order valence-corrected chi connectivity index (χ0v) is 10.6. The fourth-order valence-corrected chi connectivity index (χ4v) is 2.22. The van der Waals surface area contributed by atoms with Crippen LogP contribution < -0.4 is 0 Å². The van der Waals surface area contributed by atoms with Crippen molar-refractivity contribution < 1.29 is 5.11 Å². The van der Waals surface area contributed by atoms with E-state index in [1.165, 1.54) is 0 Å². The van der Waals surface area contributed by atoms with Gasteiger partial charge in [0.15, 0.2) is 5.82 Å². The molecule has 0 fully saturated rings. The van der Waals surface area contributed by atoms with Gasteiger partial charge in [-0.25, -0.2) is 9.67 Å². The molecular weight excluding hydrogens is 240 g/mol. The Kier molecular flexibility index (Phi) is 2.97. The third kappa shape index (κ3) is 2.08. The van der Waals surface area contributed by atoms with Gasteiger partial charge in [0.05, 0.1) is 13.2 Å². The van der Waals surface area contributed by atoms with E-state index in [-0.39, 0.29) is 6.61 Å². The lowest BCUT2D eigenvalue weighted by molar-refractivity contribution is 0.270. The summed E-state index contributed by atoms with van der Waals surface area (Å²) in [7, 11) is 0. The van der Waals surface area contributed by atoms with Gasteiger partial charge < -0.3 is 5.11 Å². The summed E-state index contributed by atoms with van der Waals surface area (Å²) in [6.07, 6.45) is 3.60. The quantitative estimate of drug-likeness (QED) is 0.774. The summed E-state index contributed by atoms with van der Waals surface area (Å²) >= 11 is 0. The largest absolute Gasteiger partial charge is 0.394 e. The van der Waals surface area contributed by atoms with Crippen molar-refractivity contribution >= 4 is 10.8 Å². The number of aromatic nitrogens is 4. The van der Waals surface area contributed by atoms with E-state index < -0.39 is 0 Å². The number of aliphatic hydroxyl groups is 1. The molecule has 19 heavy (non-hydrogen) atoms. The molecule has 3 aromatic rings. The van der Waals surface area contributed by atoms with Gasteiger partial charge in [-0.05, 0) is 18.4 Å². The molecule has 0 aliphatic rings. The highest BCUT2D eigenvalue weighted by Crippen LogP contribution is 2.26. The predicted octanol–water partition coefficient (Wildman–Crippen LogP) is 1.79. The number of pyridine rings is 1. The summed E-state index contributed by atoms with van der Waals surface area (Å²) in [5.74, 6) is 1.48. The van der Waals surface area contributed by atoms with Crippen LogP contribution in [0.4, 0.5) is 0 Å². The number of aliphatic hydroxyl groups excluding tert-OH is 1. The first-order chi connectivity index (χ1) is 9.29. The fourth-order valence-electron chi connectivity index (χ4n) is 2.22. The van der Waals surface area contributed by atoms with Gasteiger partial charge in [-0.1, -0.05) is 18.2 Å². The second-order valence-corrected chi connectivity index (χ2v) is 4.33. The van der Waals surface area contributed by atoms with Crippen LogP contribution in [-0.4, -0.2) is 31.5 Å². The normalized spacial score (nSPS) is 11.1. The molecule has 1 aromatic carbocycles. The first-order valence-corrected chi connectivity index (χ1v) is 6.15. The van der Waals surface area contributed by atoms with E-state index in [1.807, 2.05) is 37.4 Å². The molecular formula is C14H14N4O. The molecule has 0 bridgehead atoms. The lowest BCUT2D eigenvalue weighted by Gasteiger charge is -2.07. The van der Waals surface area contributed by atoms with Gasteiger partial charge in [-0.3, -0.25) is 4.98 Å². The summed E-state index contributed by atoms with van der Waals surface area (Å²) < 4.78 is 1.74. The molecule has 0 saturated heterocycles. The van der Waals surface area contributed by atoms with Gasteiger partial charge in [-0.2, -0.15) is 5.10 Å². The van der Waals surface area contributed by atoms with Gasteiger partial charge >= 0.3 is 0 Å². The Bertz CT molecular complexity index is 715. The van der Waals surface area contributed by atoms with Gasteiger partial charge in [0.2, 0.25) is 0 Å². The Balaban J connectivity index is 2.24. The van der Waals surface area contributed by atoms with Crippen molar-refractivity contribution in [1.29, 1.82) is 0 Å². The van der Waals surface area contributed by atoms with E-state index in [2.05, 4.69) is 15.1 Å². The number of hydrogen-bond acceptors (Lipinski definition) is 4. The van der Waals surface area contributed by atoms with E-state index in [1.54, 1.807) is 10.9 Å². The van der Waals surface area contributed by atoms with Crippen LogP contribution in [-0.2, 0) is 6.54 Å². The highest BCUT2D eigenvalue weighted by molar-refractivity contribution is 5.94. The number of aryl methyl sites for hydroxylation is 1. The monoisotopic (exact) mass is 254 g/mol. The first-order valence-electron chi connectivity index (χ1n) is 6.15. The van der Waals surface area contributed by atoms with Gasteiger partial charge in [-0.15, -0.1) is 0 Å². The molecule has 2 heterocycles. The number of benzene rings is 1. The molecule has 5 nitrogen and oxygen atoms in total. The molecule has 3 rings (SSSR count). The molecule has 0 saturated carbocycles. The van der Waals surface area contributed by atoms with Crippen LogP contribution in [0.5, 0.6) is 0 Å². The van der Waals surface area contributed by atoms with Crippen molar-refractivity contribution in [2.45, 2.75) is 13.5 Å². The molecule has 0 atom stereocenters. The first kappa shape index (κ1) is 11.8. The van der Waals surface area contributed by atoms with E-state index in [4.69, 9.17) is 5.11 Å². The van der Waals surface area contributed by atoms with Crippen molar-refractivity contribution in [3.05, 3.63) is 42.5 Å². The maximum absolute atomic E-state index is 9.11. The molecule has 0 amide bonds. The molecule has 2 aromatic heterocycles. The molecule has 0 unspecified atom stereocenters. The Hall–Kier alpha value is -2.27. The van der Waals surface area contributed by atoms with Crippen molar-refractivity contribution in [3.8, 4) is 11.4 Å². The van der Waals surface area contributed by atoms with Crippen molar-refractivity contribution in [1.82, 2.24) is 19.7 Å². The van der Waals surface area contributed by atoms with Crippen LogP contribution in [0.2, 0.25) is 0 Å². The van der Waals surface area contributed by atoms with Crippen LogP contribution in [0.15, 0.2) is 36.7 Å². The molecule has 96 valence electrons. The van der Waals surface area contributed by atoms with Crippen LogP contribution in [0.25, 0.3) is 22.2 Å². The summed E-state index contributed by atoms with van der Waals surface area (Å²) in [4.78, 5) is 8.60. The van der Waals surface area contributed by atoms with Crippen molar-refractivity contribution in [2.24, 2.45) is 0 Å². The third-order valence-corrected chi connectivity index (χ3v) is 3.01. The van der Waals surface area contributed by atoms with Crippen LogP contribution in [0.1, 0.15) is 5.82 Å². The molecule has 0 spiro atoms. The van der Waals surface area contributed by atoms with E-state index in [0.717, 1.165) is 22.2 Å². The maximum atomic E-state index is 9.11. The molecule has 0 radical (unpaired) electrons. The molecule has 0 aliphatic carbocycles. The third-order valence-electron chi connectivity index (χ3n) is 3.01. The number of rotatable bonds is 3. The SMILES string of the molecule is Cc1nc(-c2cccc3cnccc23)n(CCO)n1. The second kappa shape index (κ2) is 4.78. The average molecular weight is 254 g/mol. The minimum Gasteiger partial charge on any atom is -0.394 e. The van der Waals surface area contributed by atoms with E-state index in [9.17, 15) is 0 Å². The lowest BCUT2D eigenvalue weighted by Crippen LogP contribution is -2.06. The maximum Gasteiger partial charge on any atom is 0.159 e. The van der Waals surface area contributed by atoms with Crippen LogP contribution in [0, 0.1) is 6.92 Å². The number of nitrogens with zero attached hydrogens (tertiary/aromatic N) is 4. The zero-order chi connectivity index (χ0) is 13.2. The highest BCUT2D eigenvalue weighted by atomic mass is 16.3. The highest BCUT2D eigenvalue weighted by Gasteiger charge is 2.12. The zero-order valence-electron chi connectivity index (χ0n) is 10.6. The summed E-state index contributed by atoms with van der Waals surface area (Å²) in [6.45, 7) is 2.34. The summed E-state index contributed by atoms with van der Waals surface area (Å²) in [6, 6.07) is 7.98. The lowest BCUT2D eigenvalue weighted by atomic mass is 10.1. The summed E-state index contributed by atoms with van der Waals surface area (Å²) in [5.41, 5.74) is 1.01. The van der Waals surface area contributed by atoms with Crippen molar-refractivity contribution in [3.63, 3.8) is 0 Å². The fraction of sp³-hybridized carbons (Fsp3) is 0.214. The predicted molar refractivity (Wildman–Crippen MR) is 72.6 cm³/mol. The van der Waals surface area contributed by atoms with Gasteiger partial charge in [0.25, 0.3) is 0 Å². The Morgan fingerprint density at radius 2 is 2.16 bits per heavy atom.